The molecule has 2 aliphatic rings. The molecule has 1 aliphatic carbocycles. The van der Waals surface area contributed by atoms with E-state index in [-0.39, 0.29) is 11.8 Å². The monoisotopic (exact) mass is 277 g/mol. The van der Waals surface area contributed by atoms with Crippen molar-refractivity contribution in [1.82, 2.24) is 5.32 Å². The van der Waals surface area contributed by atoms with Gasteiger partial charge in [-0.3, -0.25) is 4.79 Å². The summed E-state index contributed by atoms with van der Waals surface area (Å²) in [6.07, 6.45) is 2.59. The van der Waals surface area contributed by atoms with Crippen LogP contribution in [0.1, 0.15) is 25.7 Å². The Kier molecular flexibility index (Phi) is 4.58. The van der Waals surface area contributed by atoms with Gasteiger partial charge < -0.3 is 14.8 Å². The third kappa shape index (κ3) is 4.91. The molecular weight excluding hydrogens is 258 g/mol. The van der Waals surface area contributed by atoms with E-state index >= 15 is 0 Å². The SMILES string of the molecule is O=C(CS(=O)(=O)CCC1OCCCO1)NC1CC1. The number of carbonyl (C=O) groups is 1. The molecule has 1 aliphatic heterocycles. The molecule has 18 heavy (non-hydrogen) atoms. The molecule has 1 heterocycles. The van der Waals surface area contributed by atoms with E-state index in [4.69, 9.17) is 9.47 Å². The molecule has 0 aromatic carbocycles. The predicted molar refractivity (Wildman–Crippen MR) is 64.7 cm³/mol. The molecule has 0 aromatic rings. The fourth-order valence-corrected chi connectivity index (χ4v) is 2.93. The van der Waals surface area contributed by atoms with Crippen LogP contribution in [0, 0.1) is 0 Å². The highest BCUT2D eigenvalue weighted by Crippen LogP contribution is 2.18. The smallest absolute Gasteiger partial charge is 0.235 e. The maximum Gasteiger partial charge on any atom is 0.235 e. The van der Waals surface area contributed by atoms with Crippen LogP contribution in [0.3, 0.4) is 0 Å². The second kappa shape index (κ2) is 5.99. The van der Waals surface area contributed by atoms with E-state index in [0.29, 0.717) is 19.6 Å². The van der Waals surface area contributed by atoms with Gasteiger partial charge in [-0.1, -0.05) is 0 Å². The normalized spacial score (nSPS) is 21.8. The van der Waals surface area contributed by atoms with E-state index in [9.17, 15) is 13.2 Å². The highest BCUT2D eigenvalue weighted by Gasteiger charge is 2.26. The highest BCUT2D eigenvalue weighted by molar-refractivity contribution is 7.92. The summed E-state index contributed by atoms with van der Waals surface area (Å²) in [5.74, 6) is -0.908. The Bertz CT molecular complexity index is 384. The number of carbonyl (C=O) groups excluding carboxylic acids is 1. The van der Waals surface area contributed by atoms with Crippen LogP contribution in [0.5, 0.6) is 0 Å². The van der Waals surface area contributed by atoms with Gasteiger partial charge in [-0.25, -0.2) is 8.42 Å². The number of nitrogens with one attached hydrogen (secondary N) is 1. The van der Waals surface area contributed by atoms with Crippen molar-refractivity contribution in [3.05, 3.63) is 0 Å². The first-order valence-electron chi connectivity index (χ1n) is 6.28. The minimum absolute atomic E-state index is 0.0737. The largest absolute Gasteiger partial charge is 0.353 e. The summed E-state index contributed by atoms with van der Waals surface area (Å²) in [5.41, 5.74) is 0. The van der Waals surface area contributed by atoms with Gasteiger partial charge in [0.2, 0.25) is 5.91 Å². The quantitative estimate of drug-likeness (QED) is 0.729. The molecule has 1 amide bonds. The Labute approximate surface area is 107 Å². The number of hydrogen-bond donors (Lipinski definition) is 1. The first-order valence-corrected chi connectivity index (χ1v) is 8.10. The number of sulfone groups is 1. The van der Waals surface area contributed by atoms with Crippen LogP contribution in [0.2, 0.25) is 0 Å². The summed E-state index contributed by atoms with van der Waals surface area (Å²) in [6, 6.07) is 0.192. The van der Waals surface area contributed by atoms with E-state index in [1.807, 2.05) is 0 Å². The minimum atomic E-state index is -3.37. The van der Waals surface area contributed by atoms with Gasteiger partial charge in [0, 0.05) is 12.5 Å². The van der Waals surface area contributed by atoms with Crippen LogP contribution < -0.4 is 5.32 Å². The van der Waals surface area contributed by atoms with Gasteiger partial charge in [0.25, 0.3) is 0 Å². The molecule has 2 fully saturated rings. The summed E-state index contributed by atoms with van der Waals surface area (Å²) < 4.78 is 34.0. The average Bonchev–Trinajstić information content (AvgIpc) is 3.11. The van der Waals surface area contributed by atoms with Gasteiger partial charge in [-0.15, -0.1) is 0 Å². The standard InChI is InChI=1S/C11H19NO5S/c13-10(12-9-2-3-9)8-18(14,15)7-4-11-16-5-1-6-17-11/h9,11H,1-8H2,(H,12,13). The number of hydrogen-bond acceptors (Lipinski definition) is 5. The van der Waals surface area contributed by atoms with Gasteiger partial charge >= 0.3 is 0 Å². The molecule has 0 unspecified atom stereocenters. The number of rotatable bonds is 6. The van der Waals surface area contributed by atoms with Gasteiger partial charge in [0.15, 0.2) is 16.1 Å². The van der Waals surface area contributed by atoms with Crippen LogP contribution in [-0.4, -0.2) is 51.4 Å². The zero-order valence-electron chi connectivity index (χ0n) is 10.3. The van der Waals surface area contributed by atoms with Crippen molar-refractivity contribution in [2.45, 2.75) is 38.0 Å². The van der Waals surface area contributed by atoms with Crippen molar-refractivity contribution in [2.24, 2.45) is 0 Å². The van der Waals surface area contributed by atoms with Gasteiger partial charge in [0.05, 0.1) is 19.0 Å². The summed E-state index contributed by atoms with van der Waals surface area (Å²) >= 11 is 0. The molecular formula is C11H19NO5S. The first-order chi connectivity index (χ1) is 8.55. The van der Waals surface area contributed by atoms with Crippen LogP contribution in [0.25, 0.3) is 0 Å². The lowest BCUT2D eigenvalue weighted by atomic mass is 10.4. The van der Waals surface area contributed by atoms with E-state index in [0.717, 1.165) is 19.3 Å². The molecule has 1 N–H and O–H groups in total. The molecule has 0 aromatic heterocycles. The highest BCUT2D eigenvalue weighted by atomic mass is 32.2. The fourth-order valence-electron chi connectivity index (χ4n) is 1.75. The summed E-state index contributed by atoms with van der Waals surface area (Å²) in [7, 11) is -3.37. The van der Waals surface area contributed by atoms with E-state index in [2.05, 4.69) is 5.32 Å². The molecule has 0 spiro atoms. The molecule has 2 rings (SSSR count). The molecule has 7 heteroatoms. The lowest BCUT2D eigenvalue weighted by Crippen LogP contribution is -2.34. The maximum absolute atomic E-state index is 11.7. The Morgan fingerprint density at radius 1 is 1.22 bits per heavy atom. The topological polar surface area (TPSA) is 81.7 Å². The fraction of sp³-hybridized carbons (Fsp3) is 0.909. The van der Waals surface area contributed by atoms with Crippen molar-refractivity contribution in [1.29, 1.82) is 0 Å². The molecule has 104 valence electrons. The molecule has 1 saturated heterocycles. The van der Waals surface area contributed by atoms with E-state index in [1.165, 1.54) is 0 Å². The molecule has 0 bridgehead atoms. The van der Waals surface area contributed by atoms with E-state index in [1.54, 1.807) is 0 Å². The third-order valence-corrected chi connectivity index (χ3v) is 4.41. The van der Waals surface area contributed by atoms with Crippen molar-refractivity contribution in [3.8, 4) is 0 Å². The zero-order chi connectivity index (χ0) is 13.0. The average molecular weight is 277 g/mol. The van der Waals surface area contributed by atoms with Gasteiger partial charge in [0.1, 0.15) is 5.75 Å². The summed E-state index contributed by atoms with van der Waals surface area (Å²) in [5, 5.41) is 2.67. The number of amides is 1. The Hall–Kier alpha value is -0.660. The third-order valence-electron chi connectivity index (χ3n) is 2.85. The summed E-state index contributed by atoms with van der Waals surface area (Å²) in [4.78, 5) is 11.4. The predicted octanol–water partition coefficient (Wildman–Crippen LogP) is -0.167. The first kappa shape index (κ1) is 13.8. The summed E-state index contributed by atoms with van der Waals surface area (Å²) in [6.45, 7) is 1.21. The zero-order valence-corrected chi connectivity index (χ0v) is 11.1. The van der Waals surface area contributed by atoms with Gasteiger partial charge in [-0.05, 0) is 19.3 Å². The van der Waals surface area contributed by atoms with Crippen molar-refractivity contribution < 1.29 is 22.7 Å². The minimum Gasteiger partial charge on any atom is -0.353 e. The van der Waals surface area contributed by atoms with Crippen LogP contribution in [-0.2, 0) is 24.1 Å². The lowest BCUT2D eigenvalue weighted by Gasteiger charge is -2.22. The van der Waals surface area contributed by atoms with Crippen molar-refractivity contribution in [3.63, 3.8) is 0 Å². The molecule has 0 atom stereocenters. The van der Waals surface area contributed by atoms with Gasteiger partial charge in [-0.2, -0.15) is 0 Å². The van der Waals surface area contributed by atoms with Crippen molar-refractivity contribution in [2.75, 3.05) is 24.7 Å². The number of ether oxygens (including phenoxy) is 2. The van der Waals surface area contributed by atoms with Crippen LogP contribution in [0.4, 0.5) is 0 Å². The Balaban J connectivity index is 1.70. The van der Waals surface area contributed by atoms with Crippen molar-refractivity contribution >= 4 is 15.7 Å². The second-order valence-electron chi connectivity index (χ2n) is 4.75. The molecule has 0 radical (unpaired) electrons. The van der Waals surface area contributed by atoms with Crippen LogP contribution >= 0.6 is 0 Å². The Morgan fingerprint density at radius 2 is 1.89 bits per heavy atom. The Morgan fingerprint density at radius 3 is 2.50 bits per heavy atom. The molecule has 1 saturated carbocycles. The van der Waals surface area contributed by atoms with Crippen LogP contribution in [0.15, 0.2) is 0 Å². The lowest BCUT2D eigenvalue weighted by molar-refractivity contribution is -0.178. The second-order valence-corrected chi connectivity index (χ2v) is 6.93. The van der Waals surface area contributed by atoms with E-state index < -0.39 is 27.8 Å². The maximum atomic E-state index is 11.7. The molecule has 6 nitrogen and oxygen atoms in total.